The Kier molecular flexibility index (Phi) is 13.9. The molecule has 104 valence electrons. The monoisotopic (exact) mass is 244 g/mol. The second-order valence-electron chi connectivity index (χ2n) is 5.18. The molecule has 2 heteroatoms. The Hall–Kier alpha value is -0.0800. The van der Waals surface area contributed by atoms with Gasteiger partial charge in [0.2, 0.25) is 0 Å². The van der Waals surface area contributed by atoms with Gasteiger partial charge in [0, 0.05) is 13.2 Å². The first-order valence-corrected chi connectivity index (χ1v) is 7.56. The number of aliphatic hydroxyl groups excluding tert-OH is 2. The van der Waals surface area contributed by atoms with Gasteiger partial charge >= 0.3 is 0 Å². The molecular formula is C15H32O2. The van der Waals surface area contributed by atoms with Gasteiger partial charge in [0.05, 0.1) is 0 Å². The highest BCUT2D eigenvalue weighted by molar-refractivity contribution is 4.59. The van der Waals surface area contributed by atoms with E-state index in [1.165, 1.54) is 51.4 Å². The Morgan fingerprint density at radius 2 is 1.24 bits per heavy atom. The molecule has 0 saturated carbocycles. The van der Waals surface area contributed by atoms with Crippen LogP contribution in [0.5, 0.6) is 0 Å². The third-order valence-electron chi connectivity index (χ3n) is 3.49. The maximum atomic E-state index is 9.29. The van der Waals surface area contributed by atoms with E-state index in [1.807, 2.05) is 0 Å². The molecule has 0 aliphatic rings. The highest BCUT2D eigenvalue weighted by Gasteiger charge is 2.06. The summed E-state index contributed by atoms with van der Waals surface area (Å²) < 4.78 is 0. The maximum Gasteiger partial charge on any atom is 0.0459 e. The summed E-state index contributed by atoms with van der Waals surface area (Å²) in [5, 5.41) is 18.0. The average Bonchev–Trinajstić information content (AvgIpc) is 2.36. The SMILES string of the molecule is CCCCCCCC(CO)CCCCCCO. The molecule has 0 aromatic rings. The lowest BCUT2D eigenvalue weighted by Crippen LogP contribution is -2.06. The molecule has 2 nitrogen and oxygen atoms in total. The number of aliphatic hydroxyl groups is 2. The highest BCUT2D eigenvalue weighted by Crippen LogP contribution is 2.17. The standard InChI is InChI=1S/C15H32O2/c1-2-3-4-5-8-11-15(14-17)12-9-6-7-10-13-16/h15-17H,2-14H2,1H3. The van der Waals surface area contributed by atoms with E-state index in [0.717, 1.165) is 19.3 Å². The van der Waals surface area contributed by atoms with Gasteiger partial charge in [0.1, 0.15) is 0 Å². The number of hydrogen-bond donors (Lipinski definition) is 2. The quantitative estimate of drug-likeness (QED) is 0.482. The molecular weight excluding hydrogens is 212 g/mol. The average molecular weight is 244 g/mol. The van der Waals surface area contributed by atoms with Gasteiger partial charge in [0.15, 0.2) is 0 Å². The molecule has 0 saturated heterocycles. The van der Waals surface area contributed by atoms with E-state index in [9.17, 15) is 5.11 Å². The summed E-state index contributed by atoms with van der Waals surface area (Å²) in [6.07, 6.45) is 13.4. The smallest absolute Gasteiger partial charge is 0.0459 e. The van der Waals surface area contributed by atoms with Crippen molar-refractivity contribution in [1.29, 1.82) is 0 Å². The molecule has 0 bridgehead atoms. The third-order valence-corrected chi connectivity index (χ3v) is 3.49. The number of rotatable bonds is 13. The van der Waals surface area contributed by atoms with Crippen molar-refractivity contribution >= 4 is 0 Å². The van der Waals surface area contributed by atoms with Crippen LogP contribution in [0.4, 0.5) is 0 Å². The van der Waals surface area contributed by atoms with E-state index in [1.54, 1.807) is 0 Å². The molecule has 17 heavy (non-hydrogen) atoms. The molecule has 2 N–H and O–H groups in total. The third kappa shape index (κ3) is 12.2. The van der Waals surface area contributed by atoms with Gasteiger partial charge in [-0.1, -0.05) is 58.3 Å². The summed E-state index contributed by atoms with van der Waals surface area (Å²) in [5.41, 5.74) is 0. The highest BCUT2D eigenvalue weighted by atomic mass is 16.3. The summed E-state index contributed by atoms with van der Waals surface area (Å²) in [4.78, 5) is 0. The van der Waals surface area contributed by atoms with Crippen LogP contribution < -0.4 is 0 Å². The molecule has 0 aromatic carbocycles. The van der Waals surface area contributed by atoms with E-state index in [2.05, 4.69) is 6.92 Å². The molecule has 1 unspecified atom stereocenters. The van der Waals surface area contributed by atoms with Crippen molar-refractivity contribution in [2.75, 3.05) is 13.2 Å². The van der Waals surface area contributed by atoms with Crippen molar-refractivity contribution in [1.82, 2.24) is 0 Å². The van der Waals surface area contributed by atoms with Crippen molar-refractivity contribution < 1.29 is 10.2 Å². The Bertz CT molecular complexity index is 123. The minimum absolute atomic E-state index is 0.320. The van der Waals surface area contributed by atoms with E-state index >= 15 is 0 Å². The second kappa shape index (κ2) is 14.0. The van der Waals surface area contributed by atoms with Crippen LogP contribution in [-0.4, -0.2) is 23.4 Å². The molecule has 0 amide bonds. The van der Waals surface area contributed by atoms with Crippen LogP contribution in [0.25, 0.3) is 0 Å². The van der Waals surface area contributed by atoms with Gasteiger partial charge in [-0.2, -0.15) is 0 Å². The van der Waals surface area contributed by atoms with Crippen LogP contribution in [0.2, 0.25) is 0 Å². The van der Waals surface area contributed by atoms with Gasteiger partial charge in [-0.15, -0.1) is 0 Å². The molecule has 0 heterocycles. The molecule has 0 fully saturated rings. The predicted molar refractivity (Wildman–Crippen MR) is 74.1 cm³/mol. The van der Waals surface area contributed by atoms with Gasteiger partial charge in [-0.3, -0.25) is 0 Å². The first-order valence-electron chi connectivity index (χ1n) is 7.56. The minimum atomic E-state index is 0.320. The lowest BCUT2D eigenvalue weighted by molar-refractivity contribution is 0.203. The number of unbranched alkanes of at least 4 members (excludes halogenated alkanes) is 7. The molecule has 0 aromatic heterocycles. The number of hydrogen-bond acceptors (Lipinski definition) is 2. The van der Waals surface area contributed by atoms with Gasteiger partial charge in [-0.05, 0) is 25.2 Å². The Morgan fingerprint density at radius 1 is 0.706 bits per heavy atom. The second-order valence-corrected chi connectivity index (χ2v) is 5.18. The first-order chi connectivity index (χ1) is 8.35. The fraction of sp³-hybridized carbons (Fsp3) is 1.00. The van der Waals surface area contributed by atoms with E-state index in [-0.39, 0.29) is 0 Å². The summed E-state index contributed by atoms with van der Waals surface area (Å²) >= 11 is 0. The fourth-order valence-corrected chi connectivity index (χ4v) is 2.26. The van der Waals surface area contributed by atoms with Crippen LogP contribution in [-0.2, 0) is 0 Å². The van der Waals surface area contributed by atoms with Crippen molar-refractivity contribution in [2.45, 2.75) is 77.6 Å². The van der Waals surface area contributed by atoms with Crippen LogP contribution in [0.3, 0.4) is 0 Å². The molecule has 0 radical (unpaired) electrons. The van der Waals surface area contributed by atoms with Gasteiger partial charge < -0.3 is 10.2 Å². The van der Waals surface area contributed by atoms with Crippen molar-refractivity contribution in [3.8, 4) is 0 Å². The zero-order chi connectivity index (χ0) is 12.8. The van der Waals surface area contributed by atoms with E-state index in [0.29, 0.717) is 19.1 Å². The lowest BCUT2D eigenvalue weighted by Gasteiger charge is -2.13. The normalized spacial score (nSPS) is 12.9. The topological polar surface area (TPSA) is 40.5 Å². The van der Waals surface area contributed by atoms with Gasteiger partial charge in [0.25, 0.3) is 0 Å². The largest absolute Gasteiger partial charge is 0.396 e. The van der Waals surface area contributed by atoms with Gasteiger partial charge in [-0.25, -0.2) is 0 Å². The summed E-state index contributed by atoms with van der Waals surface area (Å²) in [5.74, 6) is 0.519. The summed E-state index contributed by atoms with van der Waals surface area (Å²) in [6.45, 7) is 2.91. The Labute approximate surface area is 107 Å². The maximum absolute atomic E-state index is 9.29. The zero-order valence-corrected chi connectivity index (χ0v) is 11.7. The molecule has 0 aliphatic heterocycles. The lowest BCUT2D eigenvalue weighted by atomic mass is 9.95. The van der Waals surface area contributed by atoms with Crippen molar-refractivity contribution in [2.24, 2.45) is 5.92 Å². The minimum Gasteiger partial charge on any atom is -0.396 e. The van der Waals surface area contributed by atoms with Crippen LogP contribution >= 0.6 is 0 Å². The van der Waals surface area contributed by atoms with Crippen LogP contribution in [0.15, 0.2) is 0 Å². The fourth-order valence-electron chi connectivity index (χ4n) is 2.26. The van der Waals surface area contributed by atoms with E-state index in [4.69, 9.17) is 5.11 Å². The molecule has 0 spiro atoms. The molecule has 0 rings (SSSR count). The molecule has 0 aliphatic carbocycles. The first kappa shape index (κ1) is 16.9. The summed E-state index contributed by atoms with van der Waals surface area (Å²) in [7, 11) is 0. The molecule has 1 atom stereocenters. The Morgan fingerprint density at radius 3 is 1.71 bits per heavy atom. The van der Waals surface area contributed by atoms with Crippen molar-refractivity contribution in [3.05, 3.63) is 0 Å². The van der Waals surface area contributed by atoms with Crippen molar-refractivity contribution in [3.63, 3.8) is 0 Å². The predicted octanol–water partition coefficient (Wildman–Crippen LogP) is 3.90. The Balaban J connectivity index is 3.30. The summed E-state index contributed by atoms with van der Waals surface area (Å²) in [6, 6.07) is 0. The zero-order valence-electron chi connectivity index (χ0n) is 11.7. The van der Waals surface area contributed by atoms with E-state index < -0.39 is 0 Å². The van der Waals surface area contributed by atoms with Crippen LogP contribution in [0.1, 0.15) is 77.6 Å². The van der Waals surface area contributed by atoms with Crippen LogP contribution in [0, 0.1) is 5.92 Å².